The number of hydrogen-bond donors (Lipinski definition) is 7. The normalized spacial score (nSPS) is 11.8. The average molecular weight is 739 g/mol. The van der Waals surface area contributed by atoms with Crippen molar-refractivity contribution < 1.29 is 28.7 Å². The zero-order chi connectivity index (χ0) is 35.9. The maximum absolute atomic E-state index is 13.6. The standard InChI is InChI=1S/C33H40BrN9O6/c1-49-31(48)26(10-6-16-40-33(37)38)43-29(46)25(9-4-5-15-39-32(35)36)42-30(47)27(44)23-18-22(34)13-14-24(23)41-28(45)21-12-11-19-7-2-3-8-20(19)17-21/h2-3,7-8,11-14,17-18,25-26H,4-6,9-10,15-16H2,1H3,(H,41,45)(H,42,47)(H,43,46)(H4,35,36,39)(H4,37,38,40). The number of Topliss-reactive ketones (excluding diaryl/α,β-unsaturated/α-hetero) is 1. The number of nitrogens with two attached hydrogens (primary N) is 4. The number of esters is 1. The number of nitrogens with one attached hydrogen (secondary N) is 3. The predicted octanol–water partition coefficient (Wildman–Crippen LogP) is 1.68. The number of halogens is 1. The molecule has 16 heteroatoms. The molecule has 11 N–H and O–H groups in total. The largest absolute Gasteiger partial charge is 0.467 e. The highest BCUT2D eigenvalue weighted by molar-refractivity contribution is 9.10. The van der Waals surface area contributed by atoms with E-state index in [9.17, 15) is 24.0 Å². The Bertz CT molecular complexity index is 1740. The molecular weight excluding hydrogens is 698 g/mol. The molecule has 0 radical (unpaired) electrons. The Morgan fingerprint density at radius 2 is 1.43 bits per heavy atom. The van der Waals surface area contributed by atoms with Gasteiger partial charge in [-0.1, -0.05) is 46.3 Å². The molecule has 2 atom stereocenters. The van der Waals surface area contributed by atoms with Gasteiger partial charge in [-0.15, -0.1) is 0 Å². The van der Waals surface area contributed by atoms with Gasteiger partial charge < -0.3 is 43.6 Å². The Labute approximate surface area is 291 Å². The van der Waals surface area contributed by atoms with Crippen molar-refractivity contribution in [2.24, 2.45) is 32.9 Å². The van der Waals surface area contributed by atoms with Crippen LogP contribution in [0.1, 0.15) is 52.8 Å². The molecule has 0 aliphatic rings. The molecule has 49 heavy (non-hydrogen) atoms. The van der Waals surface area contributed by atoms with Gasteiger partial charge in [0.1, 0.15) is 12.1 Å². The van der Waals surface area contributed by atoms with Crippen LogP contribution in [-0.4, -0.2) is 73.7 Å². The average Bonchev–Trinajstić information content (AvgIpc) is 3.08. The fraction of sp³-hybridized carbons (Fsp3) is 0.303. The number of nitrogens with zero attached hydrogens (tertiary/aromatic N) is 2. The third kappa shape index (κ3) is 11.9. The van der Waals surface area contributed by atoms with E-state index in [0.717, 1.165) is 10.8 Å². The molecule has 0 heterocycles. The molecular formula is C33H40BrN9O6. The van der Waals surface area contributed by atoms with Crippen molar-refractivity contribution in [1.82, 2.24) is 10.6 Å². The van der Waals surface area contributed by atoms with E-state index < -0.39 is 41.6 Å². The first-order chi connectivity index (χ1) is 23.4. The van der Waals surface area contributed by atoms with Gasteiger partial charge in [0.15, 0.2) is 11.9 Å². The van der Waals surface area contributed by atoms with Gasteiger partial charge in [0.2, 0.25) is 5.91 Å². The van der Waals surface area contributed by atoms with Crippen LogP contribution in [0.15, 0.2) is 75.1 Å². The lowest BCUT2D eigenvalue weighted by Gasteiger charge is -2.22. The van der Waals surface area contributed by atoms with Crippen molar-refractivity contribution in [3.8, 4) is 0 Å². The zero-order valence-corrected chi connectivity index (χ0v) is 28.5. The Hall–Kier alpha value is -5.51. The second kappa shape index (κ2) is 18.7. The summed E-state index contributed by atoms with van der Waals surface area (Å²) in [5.41, 5.74) is 21.8. The molecule has 3 rings (SSSR count). The number of hydrogen-bond acceptors (Lipinski definition) is 8. The maximum atomic E-state index is 13.6. The van der Waals surface area contributed by atoms with Crippen molar-refractivity contribution in [3.63, 3.8) is 0 Å². The first-order valence-corrected chi connectivity index (χ1v) is 16.1. The van der Waals surface area contributed by atoms with Crippen molar-refractivity contribution in [3.05, 3.63) is 76.3 Å². The zero-order valence-electron chi connectivity index (χ0n) is 26.9. The minimum Gasteiger partial charge on any atom is -0.467 e. The van der Waals surface area contributed by atoms with Crippen LogP contribution in [-0.2, 0) is 19.1 Å². The highest BCUT2D eigenvalue weighted by atomic mass is 79.9. The summed E-state index contributed by atoms with van der Waals surface area (Å²) in [6.07, 6.45) is 1.39. The second-order valence-electron chi connectivity index (χ2n) is 10.9. The summed E-state index contributed by atoms with van der Waals surface area (Å²) in [5.74, 6) is -4.25. The van der Waals surface area contributed by atoms with Gasteiger partial charge in [0, 0.05) is 23.1 Å². The summed E-state index contributed by atoms with van der Waals surface area (Å²) in [6, 6.07) is 14.9. The molecule has 0 aliphatic heterocycles. The number of guanidine groups is 2. The summed E-state index contributed by atoms with van der Waals surface area (Å²) in [5, 5.41) is 9.61. The van der Waals surface area contributed by atoms with Crippen LogP contribution in [0.4, 0.5) is 5.69 Å². The molecule has 0 saturated heterocycles. The number of amides is 3. The summed E-state index contributed by atoms with van der Waals surface area (Å²) >= 11 is 3.31. The number of ketones is 1. The summed E-state index contributed by atoms with van der Waals surface area (Å²) in [6.45, 7) is 0.481. The number of carbonyl (C=O) groups excluding carboxylic acids is 5. The lowest BCUT2D eigenvalue weighted by atomic mass is 10.0. The van der Waals surface area contributed by atoms with Crippen LogP contribution in [0.5, 0.6) is 0 Å². The molecule has 15 nitrogen and oxygen atoms in total. The SMILES string of the molecule is COC(=O)C(CCCN=C(N)N)NC(=O)C(CCCCN=C(N)N)NC(=O)C(=O)c1cc(Br)ccc1NC(=O)c1ccc2ccccc2c1. The first kappa shape index (κ1) is 37.9. The van der Waals surface area contributed by atoms with Gasteiger partial charge in [0.05, 0.1) is 18.4 Å². The molecule has 0 fully saturated rings. The third-order valence-corrected chi connectivity index (χ3v) is 7.75. The van der Waals surface area contributed by atoms with Crippen LogP contribution in [0.25, 0.3) is 10.8 Å². The minimum atomic E-state index is -1.23. The topological polar surface area (TPSA) is 259 Å². The van der Waals surface area contributed by atoms with Crippen LogP contribution in [0.3, 0.4) is 0 Å². The number of rotatable bonds is 17. The Kier molecular flexibility index (Phi) is 14.5. The summed E-state index contributed by atoms with van der Waals surface area (Å²) in [7, 11) is 1.17. The van der Waals surface area contributed by atoms with Gasteiger partial charge in [0.25, 0.3) is 17.6 Å². The lowest BCUT2D eigenvalue weighted by molar-refractivity contribution is -0.145. The molecule has 0 spiro atoms. The molecule has 3 aromatic rings. The van der Waals surface area contributed by atoms with Crippen molar-refractivity contribution >= 4 is 73.8 Å². The molecule has 2 unspecified atom stereocenters. The molecule has 0 aromatic heterocycles. The first-order valence-electron chi connectivity index (χ1n) is 15.3. The van der Waals surface area contributed by atoms with Crippen LogP contribution in [0, 0.1) is 0 Å². The monoisotopic (exact) mass is 737 g/mol. The van der Waals surface area contributed by atoms with E-state index in [-0.39, 0.29) is 49.1 Å². The number of unbranched alkanes of at least 4 members (excludes halogenated alkanes) is 1. The van der Waals surface area contributed by atoms with E-state index in [4.69, 9.17) is 27.7 Å². The third-order valence-electron chi connectivity index (χ3n) is 7.26. The van der Waals surface area contributed by atoms with Crippen LogP contribution >= 0.6 is 15.9 Å². The van der Waals surface area contributed by atoms with E-state index in [0.29, 0.717) is 29.3 Å². The summed E-state index contributed by atoms with van der Waals surface area (Å²) < 4.78 is 5.31. The number of fused-ring (bicyclic) bond motifs is 1. The predicted molar refractivity (Wildman–Crippen MR) is 191 cm³/mol. The van der Waals surface area contributed by atoms with Gasteiger partial charge >= 0.3 is 5.97 Å². The van der Waals surface area contributed by atoms with Crippen LogP contribution in [0.2, 0.25) is 0 Å². The lowest BCUT2D eigenvalue weighted by Crippen LogP contribution is -2.53. The number of benzene rings is 3. The van der Waals surface area contributed by atoms with Crippen molar-refractivity contribution in [2.45, 2.75) is 44.2 Å². The van der Waals surface area contributed by atoms with E-state index in [1.165, 1.54) is 19.2 Å². The number of carbonyl (C=O) groups is 5. The quantitative estimate of drug-likeness (QED) is 0.0263. The minimum absolute atomic E-state index is 0.0801. The second-order valence-corrected chi connectivity index (χ2v) is 11.8. The molecule has 3 amide bonds. The van der Waals surface area contributed by atoms with Gasteiger partial charge in [-0.25, -0.2) is 4.79 Å². The number of aliphatic imine (C=N–C) groups is 2. The van der Waals surface area contributed by atoms with Gasteiger partial charge in [-0.2, -0.15) is 0 Å². The van der Waals surface area contributed by atoms with E-state index in [1.807, 2.05) is 30.3 Å². The smallest absolute Gasteiger partial charge is 0.328 e. The van der Waals surface area contributed by atoms with Gasteiger partial charge in [-0.3, -0.25) is 29.2 Å². The molecule has 0 aliphatic carbocycles. The van der Waals surface area contributed by atoms with Crippen molar-refractivity contribution in [2.75, 3.05) is 25.5 Å². The molecule has 0 bridgehead atoms. The maximum Gasteiger partial charge on any atom is 0.328 e. The highest BCUT2D eigenvalue weighted by Crippen LogP contribution is 2.24. The van der Waals surface area contributed by atoms with Crippen molar-refractivity contribution in [1.29, 1.82) is 0 Å². The Balaban J connectivity index is 1.80. The fourth-order valence-corrected chi connectivity index (χ4v) is 5.15. The Morgan fingerprint density at radius 3 is 2.10 bits per heavy atom. The van der Waals surface area contributed by atoms with E-state index in [2.05, 4.69) is 41.9 Å². The highest BCUT2D eigenvalue weighted by Gasteiger charge is 2.30. The van der Waals surface area contributed by atoms with Gasteiger partial charge in [-0.05, 0) is 73.2 Å². The fourth-order valence-electron chi connectivity index (χ4n) is 4.79. The number of ether oxygens (including phenoxy) is 1. The number of methoxy groups -OCH3 is 1. The molecule has 3 aromatic carbocycles. The molecule has 0 saturated carbocycles. The van der Waals surface area contributed by atoms with Crippen LogP contribution < -0.4 is 38.9 Å². The molecule has 260 valence electrons. The van der Waals surface area contributed by atoms with E-state index >= 15 is 0 Å². The Morgan fingerprint density at radius 1 is 0.776 bits per heavy atom. The summed E-state index contributed by atoms with van der Waals surface area (Å²) in [4.78, 5) is 73.9. The van der Waals surface area contributed by atoms with E-state index in [1.54, 1.807) is 18.2 Å². The number of anilines is 1.